The molecule has 2 aromatic rings. The molecule has 0 aromatic heterocycles. The number of rotatable bonds is 3. The van der Waals surface area contributed by atoms with Crippen LogP contribution in [0.4, 0.5) is 0 Å². The van der Waals surface area contributed by atoms with E-state index >= 15 is 0 Å². The number of oxime groups is 1. The Morgan fingerprint density at radius 1 is 0.828 bits per heavy atom. The predicted molar refractivity (Wildman–Crippen MR) is 118 cm³/mol. The number of nitrogens with zero attached hydrogens (tertiary/aromatic N) is 2. The number of likely N-dealkylation sites (tertiary alicyclic amines) is 1. The summed E-state index contributed by atoms with van der Waals surface area (Å²) < 4.78 is 0. The number of hydrogen-bond acceptors (Lipinski definition) is 3. The van der Waals surface area contributed by atoms with Crippen LogP contribution in [0.1, 0.15) is 55.1 Å². The van der Waals surface area contributed by atoms with Crippen molar-refractivity contribution in [2.45, 2.75) is 49.5 Å². The molecule has 152 valence electrons. The summed E-state index contributed by atoms with van der Waals surface area (Å²) in [4.78, 5) is 2.68. The maximum atomic E-state index is 10.0. The molecule has 1 heterocycles. The quantitative estimate of drug-likeness (QED) is 0.457. The summed E-state index contributed by atoms with van der Waals surface area (Å²) in [5.74, 6) is 0.843. The molecular weight excluding hydrogens is 403 g/mol. The monoisotopic (exact) mass is 428 g/mol. The smallest absolute Gasteiger partial charge is 0.0632 e. The fourth-order valence-corrected chi connectivity index (χ4v) is 6.49. The zero-order chi connectivity index (χ0) is 20.0. The molecule has 3 nitrogen and oxygen atoms in total. The number of fused-ring (bicyclic) bond motifs is 3. The van der Waals surface area contributed by atoms with Crippen molar-refractivity contribution in [1.82, 2.24) is 4.90 Å². The average molecular weight is 429 g/mol. The largest absolute Gasteiger partial charge is 0.411 e. The highest BCUT2D eigenvalue weighted by molar-refractivity contribution is 6.30. The molecule has 1 aliphatic heterocycles. The second kappa shape index (κ2) is 7.61. The fourth-order valence-electron chi connectivity index (χ4n) is 6.23. The Hall–Kier alpha value is -1.55. The third kappa shape index (κ3) is 3.37. The minimum absolute atomic E-state index is 0.0570. The molecule has 1 N–H and O–H groups in total. The molecule has 6 rings (SSSR count). The molecule has 2 aromatic carbocycles. The highest BCUT2D eigenvalue weighted by Crippen LogP contribution is 2.59. The van der Waals surface area contributed by atoms with Gasteiger partial charge in [0.2, 0.25) is 0 Å². The van der Waals surface area contributed by atoms with E-state index in [4.69, 9.17) is 23.2 Å². The van der Waals surface area contributed by atoms with Crippen LogP contribution in [0.25, 0.3) is 0 Å². The van der Waals surface area contributed by atoms with Crippen LogP contribution < -0.4 is 0 Å². The van der Waals surface area contributed by atoms with Gasteiger partial charge in [-0.05, 0) is 86.0 Å². The Bertz CT molecular complexity index is 848. The van der Waals surface area contributed by atoms with Crippen molar-refractivity contribution in [2.24, 2.45) is 11.1 Å². The van der Waals surface area contributed by atoms with Gasteiger partial charge in [0.15, 0.2) is 0 Å². The SMILES string of the molecule is O/N=C1\CC2(N3CCCC3)CC(c3ccc(Cl)cc3)C1C(c1ccc(Cl)cc1)C2. The van der Waals surface area contributed by atoms with Gasteiger partial charge in [0, 0.05) is 27.9 Å². The van der Waals surface area contributed by atoms with Gasteiger partial charge in [0.1, 0.15) is 0 Å². The Morgan fingerprint density at radius 2 is 1.31 bits per heavy atom. The summed E-state index contributed by atoms with van der Waals surface area (Å²) in [6.07, 6.45) is 5.62. The Balaban J connectivity index is 1.62. The van der Waals surface area contributed by atoms with Crippen LogP contribution in [0, 0.1) is 5.92 Å². The normalized spacial score (nSPS) is 33.4. The van der Waals surface area contributed by atoms with E-state index in [-0.39, 0.29) is 11.5 Å². The van der Waals surface area contributed by atoms with Gasteiger partial charge in [0.25, 0.3) is 0 Å². The van der Waals surface area contributed by atoms with E-state index in [9.17, 15) is 5.21 Å². The lowest BCUT2D eigenvalue weighted by atomic mass is 9.52. The van der Waals surface area contributed by atoms with Crippen molar-refractivity contribution in [3.63, 3.8) is 0 Å². The van der Waals surface area contributed by atoms with Crippen molar-refractivity contribution < 1.29 is 5.21 Å². The molecular formula is C24H26Cl2N2O. The first-order chi connectivity index (χ1) is 14.1. The van der Waals surface area contributed by atoms with E-state index in [1.807, 2.05) is 24.3 Å². The summed E-state index contributed by atoms with van der Waals surface area (Å²) in [6, 6.07) is 16.5. The zero-order valence-corrected chi connectivity index (χ0v) is 17.9. The van der Waals surface area contributed by atoms with Gasteiger partial charge in [-0.1, -0.05) is 52.6 Å². The van der Waals surface area contributed by atoms with E-state index in [0.717, 1.165) is 48.1 Å². The van der Waals surface area contributed by atoms with Gasteiger partial charge in [-0.2, -0.15) is 0 Å². The Labute approximate surface area is 182 Å². The van der Waals surface area contributed by atoms with Gasteiger partial charge in [-0.3, -0.25) is 4.90 Å². The molecule has 3 saturated carbocycles. The first kappa shape index (κ1) is 19.4. The topological polar surface area (TPSA) is 35.8 Å². The second-order valence-corrected chi connectivity index (χ2v) is 9.81. The molecule has 3 aliphatic carbocycles. The summed E-state index contributed by atoms with van der Waals surface area (Å²) in [6.45, 7) is 2.29. The van der Waals surface area contributed by atoms with Crippen LogP contribution in [0.3, 0.4) is 0 Å². The van der Waals surface area contributed by atoms with E-state index in [1.165, 1.54) is 24.0 Å². The highest BCUT2D eigenvalue weighted by atomic mass is 35.5. The molecule has 2 atom stereocenters. The van der Waals surface area contributed by atoms with Crippen molar-refractivity contribution in [1.29, 1.82) is 0 Å². The number of hydrogen-bond donors (Lipinski definition) is 1. The van der Waals surface area contributed by atoms with Crippen molar-refractivity contribution >= 4 is 28.9 Å². The molecule has 0 radical (unpaired) electrons. The number of benzene rings is 2. The highest BCUT2D eigenvalue weighted by Gasteiger charge is 2.57. The predicted octanol–water partition coefficient (Wildman–Crippen LogP) is 6.34. The molecule has 4 aliphatic rings. The average Bonchev–Trinajstić information content (AvgIpc) is 3.30. The minimum Gasteiger partial charge on any atom is -0.411 e. The Kier molecular flexibility index (Phi) is 5.09. The standard InChI is InChI=1S/C24H26Cl2N2O/c25-18-7-3-16(4-8-18)20-13-24(28-11-1-2-12-28)14-21(23(20)22(15-24)27-29)17-5-9-19(26)10-6-17/h3-10,20-21,23,29H,1-2,11-15H2/b27-22+. The lowest BCUT2D eigenvalue weighted by molar-refractivity contribution is 0.0266. The van der Waals surface area contributed by atoms with Gasteiger partial charge in [-0.25, -0.2) is 0 Å². The summed E-state index contributed by atoms with van der Waals surface area (Å²) in [5.41, 5.74) is 3.60. The third-order valence-corrected chi connectivity index (χ3v) is 7.97. The van der Waals surface area contributed by atoms with Crippen LogP contribution in [0.5, 0.6) is 0 Å². The molecule has 4 fully saturated rings. The van der Waals surface area contributed by atoms with Crippen molar-refractivity contribution in [2.75, 3.05) is 13.1 Å². The van der Waals surface area contributed by atoms with Gasteiger partial charge < -0.3 is 5.21 Å². The molecule has 2 unspecified atom stereocenters. The lowest BCUT2D eigenvalue weighted by Gasteiger charge is -2.58. The summed E-state index contributed by atoms with van der Waals surface area (Å²) in [7, 11) is 0. The zero-order valence-electron chi connectivity index (χ0n) is 16.4. The molecule has 0 amide bonds. The molecule has 0 spiro atoms. The van der Waals surface area contributed by atoms with E-state index in [2.05, 4.69) is 34.3 Å². The van der Waals surface area contributed by atoms with Crippen molar-refractivity contribution in [3.8, 4) is 0 Å². The Morgan fingerprint density at radius 3 is 1.76 bits per heavy atom. The fraction of sp³-hybridized carbons (Fsp3) is 0.458. The van der Waals surface area contributed by atoms with Crippen LogP contribution in [-0.4, -0.2) is 34.4 Å². The summed E-state index contributed by atoms with van der Waals surface area (Å²) in [5, 5.41) is 15.4. The van der Waals surface area contributed by atoms with Crippen LogP contribution in [-0.2, 0) is 0 Å². The maximum Gasteiger partial charge on any atom is 0.0632 e. The van der Waals surface area contributed by atoms with Gasteiger partial charge in [-0.15, -0.1) is 0 Å². The van der Waals surface area contributed by atoms with E-state index < -0.39 is 0 Å². The van der Waals surface area contributed by atoms with E-state index in [1.54, 1.807) is 0 Å². The summed E-state index contributed by atoms with van der Waals surface area (Å²) >= 11 is 12.3. The van der Waals surface area contributed by atoms with Crippen molar-refractivity contribution in [3.05, 3.63) is 69.7 Å². The molecule has 5 heteroatoms. The maximum absolute atomic E-state index is 10.0. The second-order valence-electron chi connectivity index (χ2n) is 8.94. The van der Waals surface area contributed by atoms with Gasteiger partial charge in [0.05, 0.1) is 5.71 Å². The van der Waals surface area contributed by atoms with Crippen LogP contribution in [0.15, 0.2) is 53.7 Å². The molecule has 29 heavy (non-hydrogen) atoms. The van der Waals surface area contributed by atoms with Crippen LogP contribution >= 0.6 is 23.2 Å². The van der Waals surface area contributed by atoms with Gasteiger partial charge >= 0.3 is 0 Å². The number of halogens is 2. The first-order valence-corrected chi connectivity index (χ1v) is 11.3. The molecule has 1 saturated heterocycles. The third-order valence-electron chi connectivity index (χ3n) is 7.46. The van der Waals surface area contributed by atoms with Crippen LogP contribution in [0.2, 0.25) is 10.0 Å². The molecule has 2 bridgehead atoms. The lowest BCUT2D eigenvalue weighted by Crippen LogP contribution is -2.60. The minimum atomic E-state index is 0.0570. The van der Waals surface area contributed by atoms with E-state index in [0.29, 0.717) is 11.8 Å². The first-order valence-electron chi connectivity index (χ1n) is 10.6.